The number of fused-ring (bicyclic) bond motifs is 3. The zero-order valence-electron chi connectivity index (χ0n) is 28.1. The van der Waals surface area contributed by atoms with Gasteiger partial charge in [-0.3, -0.25) is 4.79 Å². The third-order valence-corrected chi connectivity index (χ3v) is 7.83. The number of allylic oxidation sites excluding steroid dienone is 2. The molecule has 0 saturated carbocycles. The van der Waals surface area contributed by atoms with Gasteiger partial charge >= 0.3 is 5.63 Å². The molecule has 2 N–H and O–H groups in total. The second-order valence-electron chi connectivity index (χ2n) is 12.1. The van der Waals surface area contributed by atoms with Gasteiger partial charge in [-0.1, -0.05) is 23.8 Å². The minimum Gasteiger partial charge on any atom is -0.507 e. The Morgan fingerprint density at radius 2 is 1.54 bits per heavy atom. The van der Waals surface area contributed by atoms with E-state index in [2.05, 4.69) is 0 Å². The van der Waals surface area contributed by atoms with E-state index in [1.807, 2.05) is 45.9 Å². The lowest BCUT2D eigenvalue weighted by Gasteiger charge is -2.29. The molecule has 3 heterocycles. The molecule has 0 fully saturated rings. The van der Waals surface area contributed by atoms with Crippen molar-refractivity contribution in [1.82, 2.24) is 0 Å². The van der Waals surface area contributed by atoms with Crippen LogP contribution in [0, 0.1) is 6.92 Å². The summed E-state index contributed by atoms with van der Waals surface area (Å²) in [7, 11) is 4.68. The van der Waals surface area contributed by atoms with E-state index >= 15 is 0 Å². The molecule has 10 heteroatoms. The minimum absolute atomic E-state index is 0.0729. The second-order valence-corrected chi connectivity index (χ2v) is 12.1. The summed E-state index contributed by atoms with van der Waals surface area (Å²) in [5, 5.41) is 20.8. The summed E-state index contributed by atoms with van der Waals surface area (Å²) in [6.45, 7) is 9.39. The van der Waals surface area contributed by atoms with Crippen LogP contribution in [-0.2, 0) is 6.42 Å². The van der Waals surface area contributed by atoms with Crippen molar-refractivity contribution < 1.29 is 38.0 Å². The van der Waals surface area contributed by atoms with E-state index in [0.29, 0.717) is 62.8 Å². The molecule has 0 spiro atoms. The Labute approximate surface area is 277 Å². The third kappa shape index (κ3) is 6.46. The fourth-order valence-corrected chi connectivity index (χ4v) is 5.52. The molecule has 3 aromatic carbocycles. The van der Waals surface area contributed by atoms with Crippen molar-refractivity contribution in [2.24, 2.45) is 0 Å². The Balaban J connectivity index is 0.000000206. The number of rotatable bonds is 6. The van der Waals surface area contributed by atoms with Crippen molar-refractivity contribution in [2.75, 3.05) is 21.3 Å². The van der Waals surface area contributed by atoms with Gasteiger partial charge in [-0.2, -0.15) is 0 Å². The zero-order chi connectivity index (χ0) is 34.9. The molecule has 0 saturated heterocycles. The lowest BCUT2D eigenvalue weighted by Crippen LogP contribution is -2.27. The molecule has 0 amide bonds. The SMILES string of the molecule is CC(C)=CCc1c(O)cc2oc(C)cc(=O)c2c1O.COc1ccc(-c2c(OC)c3c(OC)c4c(cc3oc2=O)OC(C)(C)C=C4)cc1. The van der Waals surface area contributed by atoms with Crippen LogP contribution in [0.1, 0.15) is 44.6 Å². The number of benzene rings is 3. The van der Waals surface area contributed by atoms with E-state index in [9.17, 15) is 19.8 Å². The van der Waals surface area contributed by atoms with Gasteiger partial charge in [-0.25, -0.2) is 4.79 Å². The highest BCUT2D eigenvalue weighted by atomic mass is 16.5. The highest BCUT2D eigenvalue weighted by molar-refractivity contribution is 5.99. The molecule has 1 aliphatic rings. The Bertz CT molecular complexity index is 2200. The Hall–Kier alpha value is -5.64. The summed E-state index contributed by atoms with van der Waals surface area (Å²) in [4.78, 5) is 24.8. The maximum absolute atomic E-state index is 12.9. The molecule has 1 aliphatic heterocycles. The molecule has 0 aliphatic carbocycles. The van der Waals surface area contributed by atoms with Gasteiger partial charge < -0.3 is 38.0 Å². The van der Waals surface area contributed by atoms with Gasteiger partial charge in [-0.15, -0.1) is 0 Å². The van der Waals surface area contributed by atoms with Gasteiger partial charge in [0.15, 0.2) is 5.43 Å². The van der Waals surface area contributed by atoms with Crippen LogP contribution in [0.15, 0.2) is 78.6 Å². The molecule has 0 radical (unpaired) electrons. The number of aryl methyl sites for hydroxylation is 1. The predicted molar refractivity (Wildman–Crippen MR) is 185 cm³/mol. The van der Waals surface area contributed by atoms with Gasteiger partial charge in [0.25, 0.3) is 0 Å². The molecule has 2 aromatic heterocycles. The van der Waals surface area contributed by atoms with Gasteiger partial charge in [0, 0.05) is 23.8 Å². The van der Waals surface area contributed by atoms with Crippen molar-refractivity contribution in [3.05, 3.63) is 97.7 Å². The number of ether oxygens (including phenoxy) is 4. The molecule has 0 atom stereocenters. The monoisotopic (exact) mass is 654 g/mol. The van der Waals surface area contributed by atoms with Crippen LogP contribution in [0.4, 0.5) is 0 Å². The van der Waals surface area contributed by atoms with E-state index in [1.165, 1.54) is 19.2 Å². The quantitative estimate of drug-likeness (QED) is 0.138. The largest absolute Gasteiger partial charge is 0.507 e. The van der Waals surface area contributed by atoms with Gasteiger partial charge in [0.05, 0.1) is 26.9 Å². The Morgan fingerprint density at radius 1 is 0.875 bits per heavy atom. The minimum atomic E-state index is -0.507. The number of hydrogen-bond donors (Lipinski definition) is 2. The summed E-state index contributed by atoms with van der Waals surface area (Å²) >= 11 is 0. The highest BCUT2D eigenvalue weighted by Crippen LogP contribution is 2.47. The van der Waals surface area contributed by atoms with Crippen LogP contribution in [0.2, 0.25) is 0 Å². The smallest absolute Gasteiger partial charge is 0.347 e. The molecule has 6 rings (SSSR count). The molecule has 5 aromatic rings. The maximum Gasteiger partial charge on any atom is 0.347 e. The molecule has 0 bridgehead atoms. The molecule has 48 heavy (non-hydrogen) atoms. The summed E-state index contributed by atoms with van der Waals surface area (Å²) in [5.41, 5.74) is 2.40. The first-order chi connectivity index (χ1) is 22.8. The van der Waals surface area contributed by atoms with E-state index < -0.39 is 11.2 Å². The van der Waals surface area contributed by atoms with Gasteiger partial charge in [0.1, 0.15) is 73.4 Å². The fourth-order valence-electron chi connectivity index (χ4n) is 5.52. The number of phenols is 2. The average Bonchev–Trinajstić information content (AvgIpc) is 3.02. The van der Waals surface area contributed by atoms with Crippen LogP contribution < -0.4 is 30.0 Å². The lowest BCUT2D eigenvalue weighted by molar-refractivity contribution is 0.158. The van der Waals surface area contributed by atoms with E-state index in [-0.39, 0.29) is 27.9 Å². The molecule has 0 unspecified atom stereocenters. The van der Waals surface area contributed by atoms with Crippen molar-refractivity contribution in [1.29, 1.82) is 0 Å². The Kier molecular flexibility index (Phi) is 9.29. The normalized spacial score (nSPS) is 12.8. The summed E-state index contributed by atoms with van der Waals surface area (Å²) in [6.07, 6.45) is 6.15. The number of hydrogen-bond acceptors (Lipinski definition) is 10. The average molecular weight is 655 g/mol. The van der Waals surface area contributed by atoms with E-state index in [1.54, 1.807) is 51.5 Å². The highest BCUT2D eigenvalue weighted by Gasteiger charge is 2.29. The van der Waals surface area contributed by atoms with Crippen molar-refractivity contribution in [2.45, 2.75) is 46.6 Å². The van der Waals surface area contributed by atoms with Crippen LogP contribution in [0.25, 0.3) is 39.1 Å². The number of aromatic hydroxyl groups is 2. The fraction of sp³-hybridized carbons (Fsp3) is 0.263. The maximum atomic E-state index is 12.9. The molecular weight excluding hydrogens is 616 g/mol. The molecule has 10 nitrogen and oxygen atoms in total. The van der Waals surface area contributed by atoms with Crippen molar-refractivity contribution >= 4 is 28.0 Å². The molecule has 250 valence electrons. The first kappa shape index (κ1) is 33.7. The van der Waals surface area contributed by atoms with Gasteiger partial charge in [-0.05, 0) is 70.9 Å². The predicted octanol–water partition coefficient (Wildman–Crippen LogP) is 7.69. The van der Waals surface area contributed by atoms with E-state index in [4.69, 9.17) is 27.8 Å². The summed E-state index contributed by atoms with van der Waals surface area (Å²) in [6, 6.07) is 11.5. The lowest BCUT2D eigenvalue weighted by atomic mass is 9.98. The standard InChI is InChI=1S/C23H22O6.C15H16O4/c1-23(2)11-10-15-16(29-23)12-17-19(20(15)26-4)21(27-5)18(22(24)28-17)13-6-8-14(25-3)9-7-13;1-8(2)4-5-10-11(16)7-13-14(15(10)18)12(17)6-9(3)19-13/h6-12H,1-5H3;4,6-7,16,18H,5H2,1-3H3. The first-order valence-corrected chi connectivity index (χ1v) is 15.2. The molecular formula is C38H38O10. The third-order valence-electron chi connectivity index (χ3n) is 7.83. The van der Waals surface area contributed by atoms with Crippen molar-refractivity contribution in [3.8, 4) is 45.6 Å². The first-order valence-electron chi connectivity index (χ1n) is 15.2. The number of methoxy groups -OCH3 is 3. The van der Waals surface area contributed by atoms with Crippen molar-refractivity contribution in [3.63, 3.8) is 0 Å². The van der Waals surface area contributed by atoms with Gasteiger partial charge in [0.2, 0.25) is 0 Å². The zero-order valence-corrected chi connectivity index (χ0v) is 28.1. The second kappa shape index (κ2) is 13.2. The van der Waals surface area contributed by atoms with E-state index in [0.717, 1.165) is 11.1 Å². The van der Waals surface area contributed by atoms with Crippen LogP contribution >= 0.6 is 0 Å². The summed E-state index contributed by atoms with van der Waals surface area (Å²) < 4.78 is 33.7. The number of phenolic OH excluding ortho intramolecular Hbond substituents is 2. The van der Waals surface area contributed by atoms with Crippen LogP contribution in [-0.4, -0.2) is 37.1 Å². The topological polar surface area (TPSA) is 138 Å². The van der Waals surface area contributed by atoms with Crippen LogP contribution in [0.5, 0.6) is 34.5 Å². The summed E-state index contributed by atoms with van der Waals surface area (Å²) in [5.74, 6) is 2.35. The van der Waals surface area contributed by atoms with Crippen LogP contribution in [0.3, 0.4) is 0 Å². The Morgan fingerprint density at radius 3 is 2.17 bits per heavy atom.